The number of hydrogen-bond donors (Lipinski definition) is 0. The van der Waals surface area contributed by atoms with Crippen molar-refractivity contribution in [3.05, 3.63) is 83.7 Å². The Morgan fingerprint density at radius 3 is 2.42 bits per heavy atom. The van der Waals surface area contributed by atoms with Crippen molar-refractivity contribution in [2.24, 2.45) is 0 Å². The van der Waals surface area contributed by atoms with Gasteiger partial charge in [-0.25, -0.2) is 12.4 Å². The largest absolute Gasteiger partial charge is 0.267 e. The van der Waals surface area contributed by atoms with Crippen molar-refractivity contribution in [2.75, 3.05) is 0 Å². The SMILES string of the molecule is [2H]Cc1cn(S(=O)(=O)c2ccc(C)cc2)cc1CSc1ccccc1. The summed E-state index contributed by atoms with van der Waals surface area (Å²) in [6.45, 7) is 1.98. The fourth-order valence-electron chi connectivity index (χ4n) is 2.29. The van der Waals surface area contributed by atoms with Gasteiger partial charge in [-0.15, -0.1) is 11.8 Å². The normalized spacial score (nSPS) is 12.1. The third-order valence-corrected chi connectivity index (χ3v) is 6.41. The zero-order valence-corrected chi connectivity index (χ0v) is 15.0. The second kappa shape index (κ2) is 6.87. The highest BCUT2D eigenvalue weighted by Gasteiger charge is 2.18. The fraction of sp³-hybridized carbons (Fsp3) is 0.158. The van der Waals surface area contributed by atoms with Crippen LogP contribution in [-0.4, -0.2) is 12.4 Å². The van der Waals surface area contributed by atoms with E-state index in [0.717, 1.165) is 21.6 Å². The summed E-state index contributed by atoms with van der Waals surface area (Å²) in [5, 5.41) is 0. The second-order valence-corrected chi connectivity index (χ2v) is 8.45. The van der Waals surface area contributed by atoms with Crippen molar-refractivity contribution in [1.82, 2.24) is 3.97 Å². The van der Waals surface area contributed by atoms with Crippen molar-refractivity contribution < 1.29 is 9.79 Å². The third kappa shape index (κ3) is 3.57. The summed E-state index contributed by atoms with van der Waals surface area (Å²) >= 11 is 1.63. The van der Waals surface area contributed by atoms with Crippen molar-refractivity contribution in [3.63, 3.8) is 0 Å². The first-order valence-electron chi connectivity index (χ1n) is 8.20. The first-order valence-corrected chi connectivity index (χ1v) is 9.92. The van der Waals surface area contributed by atoms with Gasteiger partial charge in [0.15, 0.2) is 0 Å². The summed E-state index contributed by atoms with van der Waals surface area (Å²) in [6, 6.07) is 16.7. The number of hydrogen-bond acceptors (Lipinski definition) is 3. The molecular formula is C19H19NO2S2. The molecule has 0 bridgehead atoms. The molecule has 2 aromatic carbocycles. The second-order valence-electron chi connectivity index (χ2n) is 5.56. The molecular weight excluding hydrogens is 338 g/mol. The van der Waals surface area contributed by atoms with E-state index in [2.05, 4.69) is 0 Å². The van der Waals surface area contributed by atoms with E-state index >= 15 is 0 Å². The van der Waals surface area contributed by atoms with Gasteiger partial charge in [0.25, 0.3) is 10.0 Å². The zero-order valence-electron chi connectivity index (χ0n) is 14.3. The first kappa shape index (κ1) is 15.5. The molecule has 0 aliphatic heterocycles. The summed E-state index contributed by atoms with van der Waals surface area (Å²) in [4.78, 5) is 1.37. The number of nitrogens with zero attached hydrogens (tertiary/aromatic N) is 1. The highest BCUT2D eigenvalue weighted by molar-refractivity contribution is 7.98. The molecule has 3 aromatic rings. The molecule has 1 aromatic heterocycles. The van der Waals surface area contributed by atoms with Crippen LogP contribution >= 0.6 is 11.8 Å². The van der Waals surface area contributed by atoms with E-state index in [1.54, 1.807) is 48.4 Å². The lowest BCUT2D eigenvalue weighted by atomic mass is 10.2. The Morgan fingerprint density at radius 1 is 1.04 bits per heavy atom. The average molecular weight is 359 g/mol. The minimum absolute atomic E-state index is 0.0566. The van der Waals surface area contributed by atoms with E-state index in [1.807, 2.05) is 37.3 Å². The molecule has 0 saturated carbocycles. The van der Waals surface area contributed by atoms with Gasteiger partial charge in [0.1, 0.15) is 0 Å². The van der Waals surface area contributed by atoms with Crippen LogP contribution in [0, 0.1) is 13.8 Å². The lowest BCUT2D eigenvalue weighted by Crippen LogP contribution is -2.10. The quantitative estimate of drug-likeness (QED) is 0.624. The number of aryl methyl sites for hydroxylation is 2. The molecule has 0 unspecified atom stereocenters. The van der Waals surface area contributed by atoms with Crippen LogP contribution in [0.5, 0.6) is 0 Å². The van der Waals surface area contributed by atoms with Gasteiger partial charge in [-0.3, -0.25) is 0 Å². The summed E-state index contributed by atoms with van der Waals surface area (Å²) in [5.41, 5.74) is 2.62. The lowest BCUT2D eigenvalue weighted by Gasteiger charge is -2.06. The van der Waals surface area contributed by atoms with Gasteiger partial charge in [0, 0.05) is 24.4 Å². The molecule has 3 rings (SSSR count). The van der Waals surface area contributed by atoms with Gasteiger partial charge in [-0.2, -0.15) is 0 Å². The van der Waals surface area contributed by atoms with Crippen LogP contribution in [0.3, 0.4) is 0 Å². The lowest BCUT2D eigenvalue weighted by molar-refractivity contribution is 0.587. The maximum absolute atomic E-state index is 12.8. The zero-order chi connectivity index (χ0) is 17.9. The molecule has 24 heavy (non-hydrogen) atoms. The molecule has 0 aliphatic carbocycles. The molecule has 0 saturated heterocycles. The molecule has 1 heterocycles. The van der Waals surface area contributed by atoms with E-state index in [-0.39, 0.29) is 11.8 Å². The van der Waals surface area contributed by atoms with E-state index in [9.17, 15) is 8.42 Å². The monoisotopic (exact) mass is 358 g/mol. The van der Waals surface area contributed by atoms with Gasteiger partial charge < -0.3 is 0 Å². The Labute approximate surface area is 148 Å². The van der Waals surface area contributed by atoms with Gasteiger partial charge in [-0.05, 0) is 49.2 Å². The molecule has 0 N–H and O–H groups in total. The number of aromatic nitrogens is 1. The van der Waals surface area contributed by atoms with Crippen molar-refractivity contribution >= 4 is 21.8 Å². The Hall–Kier alpha value is -1.98. The molecule has 0 radical (unpaired) electrons. The Balaban J connectivity index is 1.88. The summed E-state index contributed by atoms with van der Waals surface area (Å²) < 4.78 is 34.5. The van der Waals surface area contributed by atoms with Gasteiger partial charge in [0.05, 0.1) is 4.90 Å². The van der Waals surface area contributed by atoms with Crippen LogP contribution in [0.15, 0.2) is 76.8 Å². The minimum Gasteiger partial charge on any atom is -0.248 e. The van der Waals surface area contributed by atoms with Gasteiger partial charge in [-0.1, -0.05) is 35.9 Å². The predicted octanol–water partition coefficient (Wildman–Crippen LogP) is 4.63. The van der Waals surface area contributed by atoms with Gasteiger partial charge >= 0.3 is 0 Å². The van der Waals surface area contributed by atoms with E-state index < -0.39 is 10.0 Å². The topological polar surface area (TPSA) is 39.1 Å². The highest BCUT2D eigenvalue weighted by Crippen LogP contribution is 2.26. The minimum atomic E-state index is -3.63. The van der Waals surface area contributed by atoms with Crippen LogP contribution in [0.4, 0.5) is 0 Å². The Kier molecular flexibility index (Phi) is 4.45. The average Bonchev–Trinajstić information content (AvgIpc) is 3.05. The van der Waals surface area contributed by atoms with E-state index in [0.29, 0.717) is 5.75 Å². The van der Waals surface area contributed by atoms with Crippen LogP contribution in [-0.2, 0) is 15.8 Å². The van der Waals surface area contributed by atoms with Gasteiger partial charge in [0.2, 0.25) is 0 Å². The van der Waals surface area contributed by atoms with Crippen LogP contribution in [0.2, 0.25) is 0 Å². The highest BCUT2D eigenvalue weighted by atomic mass is 32.2. The maximum Gasteiger partial charge on any atom is 0.267 e. The third-order valence-electron chi connectivity index (χ3n) is 3.71. The summed E-state index contributed by atoms with van der Waals surface area (Å²) in [7, 11) is -3.63. The molecule has 0 amide bonds. The molecule has 0 atom stereocenters. The Morgan fingerprint density at radius 2 is 1.75 bits per heavy atom. The predicted molar refractivity (Wildman–Crippen MR) is 98.9 cm³/mol. The standard InChI is InChI=1S/C19H19NO2S2/c1-15-8-10-19(11-9-15)24(21,22)20-12-16(2)17(13-20)14-23-18-6-4-3-5-7-18/h3-13H,14H2,1-2H3/i2D. The van der Waals surface area contributed by atoms with Crippen molar-refractivity contribution in [3.8, 4) is 0 Å². The number of benzene rings is 2. The molecule has 124 valence electrons. The van der Waals surface area contributed by atoms with Crippen LogP contribution in [0.25, 0.3) is 0 Å². The molecule has 3 nitrogen and oxygen atoms in total. The molecule has 0 aliphatic rings. The summed E-state index contributed by atoms with van der Waals surface area (Å²) in [5.74, 6) is 0.634. The van der Waals surface area contributed by atoms with Crippen molar-refractivity contribution in [2.45, 2.75) is 29.4 Å². The summed E-state index contributed by atoms with van der Waals surface area (Å²) in [6.07, 6.45) is 3.19. The van der Waals surface area contributed by atoms with Crippen molar-refractivity contribution in [1.29, 1.82) is 0 Å². The van der Waals surface area contributed by atoms with E-state index in [1.165, 1.54) is 3.97 Å². The smallest absolute Gasteiger partial charge is 0.248 e. The molecule has 5 heteroatoms. The van der Waals surface area contributed by atoms with Crippen LogP contribution in [0.1, 0.15) is 18.1 Å². The fourth-order valence-corrected chi connectivity index (χ4v) is 4.48. The number of rotatable bonds is 5. The maximum atomic E-state index is 12.8. The van der Waals surface area contributed by atoms with Crippen LogP contribution < -0.4 is 0 Å². The number of thioether (sulfide) groups is 1. The Bertz CT molecular complexity index is 949. The molecule has 0 fully saturated rings. The van der Waals surface area contributed by atoms with E-state index in [4.69, 9.17) is 1.37 Å². The molecule has 0 spiro atoms. The first-order chi connectivity index (χ1) is 12.0.